The lowest BCUT2D eigenvalue weighted by Crippen LogP contribution is -2.19. The van der Waals surface area contributed by atoms with Gasteiger partial charge >= 0.3 is 0 Å². The van der Waals surface area contributed by atoms with Crippen LogP contribution in [0.15, 0.2) is 40.7 Å². The molecule has 1 aromatic rings. The molecule has 3 heteroatoms. The van der Waals surface area contributed by atoms with Crippen molar-refractivity contribution in [1.29, 1.82) is 0 Å². The molecule has 0 aliphatic heterocycles. The Balaban J connectivity index is 2.44. The molecule has 106 valence electrons. The molecule has 0 aliphatic carbocycles. The Labute approximate surface area is 117 Å². The Morgan fingerprint density at radius 2 is 1.42 bits per heavy atom. The van der Waals surface area contributed by atoms with Crippen molar-refractivity contribution in [1.82, 2.24) is 5.01 Å². The van der Waals surface area contributed by atoms with Crippen LogP contribution in [0.5, 0.6) is 0 Å². The van der Waals surface area contributed by atoms with Gasteiger partial charge in [-0.25, -0.2) is 0 Å². The average Bonchev–Trinajstić information content (AvgIpc) is 2.45. The highest BCUT2D eigenvalue weighted by Gasteiger charge is 2.01. The molecule has 0 atom stereocenters. The van der Waals surface area contributed by atoms with Crippen LogP contribution in [0.2, 0.25) is 0 Å². The van der Waals surface area contributed by atoms with Crippen LogP contribution in [0.25, 0.3) is 0 Å². The van der Waals surface area contributed by atoms with E-state index >= 15 is 0 Å². The molecular weight excluding hydrogens is 234 g/mol. The Kier molecular flexibility index (Phi) is 8.69. The van der Waals surface area contributed by atoms with E-state index in [2.05, 4.69) is 29.2 Å². The van der Waals surface area contributed by atoms with Crippen LogP contribution >= 0.6 is 0 Å². The van der Waals surface area contributed by atoms with E-state index in [1.165, 1.54) is 38.5 Å². The van der Waals surface area contributed by atoms with Crippen molar-refractivity contribution in [2.24, 2.45) is 10.3 Å². The smallest absolute Gasteiger partial charge is 0.0874 e. The molecular formula is C16H27N3. The molecule has 0 saturated carbocycles. The average molecular weight is 261 g/mol. The summed E-state index contributed by atoms with van der Waals surface area (Å²) in [6, 6.07) is 9.96. The molecule has 3 nitrogen and oxygen atoms in total. The second-order valence-electron chi connectivity index (χ2n) is 4.89. The van der Waals surface area contributed by atoms with E-state index < -0.39 is 0 Å². The molecule has 0 unspecified atom stereocenters. The van der Waals surface area contributed by atoms with E-state index in [0.717, 1.165) is 18.8 Å². The van der Waals surface area contributed by atoms with Gasteiger partial charge in [-0.2, -0.15) is 0 Å². The Bertz CT molecular complexity index is 325. The zero-order chi connectivity index (χ0) is 13.8. The number of nitrogens with zero attached hydrogens (tertiary/aromatic N) is 3. The summed E-state index contributed by atoms with van der Waals surface area (Å²) in [5.74, 6) is 0. The van der Waals surface area contributed by atoms with Crippen molar-refractivity contribution in [2.75, 3.05) is 13.1 Å². The van der Waals surface area contributed by atoms with Crippen LogP contribution in [-0.4, -0.2) is 18.1 Å². The predicted octanol–water partition coefficient (Wildman–Crippen LogP) is 5.37. The zero-order valence-electron chi connectivity index (χ0n) is 12.4. The largest absolute Gasteiger partial charge is 0.278 e. The first-order valence-corrected chi connectivity index (χ1v) is 7.58. The van der Waals surface area contributed by atoms with E-state index in [0.29, 0.717) is 0 Å². The lowest BCUT2D eigenvalue weighted by molar-refractivity contribution is 0.258. The summed E-state index contributed by atoms with van der Waals surface area (Å²) in [6.45, 7) is 6.50. The van der Waals surface area contributed by atoms with Crippen molar-refractivity contribution in [3.63, 3.8) is 0 Å². The maximum atomic E-state index is 4.40. The zero-order valence-corrected chi connectivity index (χ0v) is 12.4. The normalized spacial score (nSPS) is 11.1. The van der Waals surface area contributed by atoms with Gasteiger partial charge in [-0.05, 0) is 25.0 Å². The summed E-state index contributed by atoms with van der Waals surface area (Å²) >= 11 is 0. The Morgan fingerprint density at radius 1 is 0.842 bits per heavy atom. The standard InChI is InChI=1S/C16H27N3/c1-3-5-10-14-19(15-11-6-4-2)18-17-16-12-8-7-9-13-16/h7-9,12-13H,3-6,10-11,14-15H2,1-2H3. The minimum atomic E-state index is 0.929. The molecule has 0 saturated heterocycles. The van der Waals surface area contributed by atoms with Gasteiger partial charge in [0.25, 0.3) is 0 Å². The van der Waals surface area contributed by atoms with Crippen molar-refractivity contribution >= 4 is 5.69 Å². The highest BCUT2D eigenvalue weighted by molar-refractivity contribution is 5.34. The molecule has 1 rings (SSSR count). The quantitative estimate of drug-likeness (QED) is 0.316. The third-order valence-corrected chi connectivity index (χ3v) is 3.08. The van der Waals surface area contributed by atoms with Gasteiger partial charge in [0.05, 0.1) is 5.69 Å². The predicted molar refractivity (Wildman–Crippen MR) is 81.6 cm³/mol. The maximum Gasteiger partial charge on any atom is 0.0874 e. The van der Waals surface area contributed by atoms with Crippen molar-refractivity contribution in [2.45, 2.75) is 52.4 Å². The first-order valence-electron chi connectivity index (χ1n) is 7.58. The first-order chi connectivity index (χ1) is 9.36. The number of unbranched alkanes of at least 4 members (excludes halogenated alkanes) is 4. The third kappa shape index (κ3) is 7.60. The van der Waals surface area contributed by atoms with Crippen LogP contribution in [0, 0.1) is 0 Å². The monoisotopic (exact) mass is 261 g/mol. The first kappa shape index (κ1) is 15.7. The fourth-order valence-corrected chi connectivity index (χ4v) is 1.90. The Hall–Kier alpha value is -1.38. The molecule has 0 N–H and O–H groups in total. The summed E-state index contributed by atoms with van der Waals surface area (Å²) < 4.78 is 0. The molecule has 0 amide bonds. The van der Waals surface area contributed by atoms with Gasteiger partial charge in [0.2, 0.25) is 0 Å². The number of hydrogen-bond donors (Lipinski definition) is 0. The molecule has 0 spiro atoms. The van der Waals surface area contributed by atoms with Crippen molar-refractivity contribution < 1.29 is 0 Å². The molecule has 0 heterocycles. The molecule has 0 fully saturated rings. The minimum absolute atomic E-state index is 0.929. The van der Waals surface area contributed by atoms with Crippen molar-refractivity contribution in [3.8, 4) is 0 Å². The number of hydrogen-bond acceptors (Lipinski definition) is 2. The molecule has 19 heavy (non-hydrogen) atoms. The minimum Gasteiger partial charge on any atom is -0.278 e. The SMILES string of the molecule is CCCCCN(CCCCC)N=Nc1ccccc1. The van der Waals surface area contributed by atoms with Crippen LogP contribution < -0.4 is 0 Å². The second-order valence-corrected chi connectivity index (χ2v) is 4.89. The van der Waals surface area contributed by atoms with Gasteiger partial charge in [-0.3, -0.25) is 5.01 Å². The summed E-state index contributed by atoms with van der Waals surface area (Å²) in [7, 11) is 0. The van der Waals surface area contributed by atoms with Gasteiger partial charge in [0.15, 0.2) is 0 Å². The van der Waals surface area contributed by atoms with Gasteiger partial charge in [0, 0.05) is 13.1 Å². The fourth-order valence-electron chi connectivity index (χ4n) is 1.90. The van der Waals surface area contributed by atoms with E-state index in [9.17, 15) is 0 Å². The molecule has 0 aromatic heterocycles. The highest BCUT2D eigenvalue weighted by Crippen LogP contribution is 2.12. The second kappa shape index (κ2) is 10.5. The summed E-state index contributed by atoms with van der Waals surface area (Å²) in [6.07, 6.45) is 7.44. The molecule has 0 aliphatic rings. The number of benzene rings is 1. The number of rotatable bonds is 10. The van der Waals surface area contributed by atoms with Gasteiger partial charge < -0.3 is 0 Å². The molecule has 1 aromatic carbocycles. The molecule has 0 radical (unpaired) electrons. The van der Waals surface area contributed by atoms with Crippen LogP contribution in [0.1, 0.15) is 52.4 Å². The summed E-state index contributed by atoms with van der Waals surface area (Å²) in [5.41, 5.74) is 0.929. The Morgan fingerprint density at radius 3 is 1.95 bits per heavy atom. The topological polar surface area (TPSA) is 28.0 Å². The highest BCUT2D eigenvalue weighted by atomic mass is 15.5. The van der Waals surface area contributed by atoms with E-state index in [4.69, 9.17) is 0 Å². The van der Waals surface area contributed by atoms with Gasteiger partial charge in [-0.15, -0.1) is 5.11 Å². The van der Waals surface area contributed by atoms with Crippen molar-refractivity contribution in [3.05, 3.63) is 30.3 Å². The van der Waals surface area contributed by atoms with Crippen LogP contribution in [0.4, 0.5) is 5.69 Å². The van der Waals surface area contributed by atoms with Crippen LogP contribution in [0.3, 0.4) is 0 Å². The lowest BCUT2D eigenvalue weighted by atomic mass is 10.2. The van der Waals surface area contributed by atoms with E-state index in [1.54, 1.807) is 0 Å². The fraction of sp³-hybridized carbons (Fsp3) is 0.625. The third-order valence-electron chi connectivity index (χ3n) is 3.08. The van der Waals surface area contributed by atoms with E-state index in [-0.39, 0.29) is 0 Å². The van der Waals surface area contributed by atoms with Crippen LogP contribution in [-0.2, 0) is 0 Å². The summed E-state index contributed by atoms with van der Waals surface area (Å²) in [4.78, 5) is 0. The van der Waals surface area contributed by atoms with Gasteiger partial charge in [0.1, 0.15) is 0 Å². The maximum absolute atomic E-state index is 4.40. The summed E-state index contributed by atoms with van der Waals surface area (Å²) in [5, 5.41) is 10.8. The van der Waals surface area contributed by atoms with E-state index in [1.807, 2.05) is 30.3 Å². The molecule has 0 bridgehead atoms. The lowest BCUT2D eigenvalue weighted by Gasteiger charge is -2.17. The van der Waals surface area contributed by atoms with Gasteiger partial charge in [-0.1, -0.05) is 63.0 Å².